The molecule has 1 saturated heterocycles. The first-order valence-corrected chi connectivity index (χ1v) is 13.7. The van der Waals surface area contributed by atoms with Crippen LogP contribution in [0.3, 0.4) is 0 Å². The van der Waals surface area contributed by atoms with Gasteiger partial charge < -0.3 is 20.3 Å². The molecule has 0 saturated carbocycles. The second-order valence-electron chi connectivity index (χ2n) is 11.0. The highest BCUT2D eigenvalue weighted by Gasteiger charge is 2.45. The summed E-state index contributed by atoms with van der Waals surface area (Å²) in [5, 5.41) is 13.1. The Hall–Kier alpha value is -4.21. The van der Waals surface area contributed by atoms with Crippen molar-refractivity contribution in [3.63, 3.8) is 0 Å². The Kier molecular flexibility index (Phi) is 8.86. The van der Waals surface area contributed by atoms with Crippen LogP contribution in [-0.4, -0.2) is 64.0 Å². The van der Waals surface area contributed by atoms with Crippen molar-refractivity contribution >= 4 is 34.6 Å². The van der Waals surface area contributed by atoms with E-state index in [1.807, 2.05) is 75.4 Å². The zero-order valence-electron chi connectivity index (χ0n) is 23.4. The molecule has 4 rings (SSSR count). The molecule has 0 radical (unpaired) electrons. The Morgan fingerprint density at radius 3 is 2.50 bits per heavy atom. The van der Waals surface area contributed by atoms with Crippen LogP contribution in [0.15, 0.2) is 54.6 Å². The minimum atomic E-state index is -1.02. The monoisotopic (exact) mass is 547 g/mol. The van der Waals surface area contributed by atoms with E-state index in [0.29, 0.717) is 25.1 Å². The third kappa shape index (κ3) is 6.50. The van der Waals surface area contributed by atoms with Crippen LogP contribution in [0.5, 0.6) is 0 Å². The zero-order chi connectivity index (χ0) is 28.9. The summed E-state index contributed by atoms with van der Waals surface area (Å²) in [6.45, 7) is 8.14. The molecule has 1 aromatic heterocycles. The van der Waals surface area contributed by atoms with Gasteiger partial charge in [-0.1, -0.05) is 82.1 Å². The van der Waals surface area contributed by atoms with E-state index in [1.54, 1.807) is 11.8 Å². The van der Waals surface area contributed by atoms with E-state index in [1.165, 1.54) is 0 Å². The number of carbonyl (C=O) groups is 4. The van der Waals surface area contributed by atoms with Crippen LogP contribution >= 0.6 is 0 Å². The number of rotatable bonds is 10. The van der Waals surface area contributed by atoms with E-state index in [4.69, 9.17) is 4.74 Å². The summed E-state index contributed by atoms with van der Waals surface area (Å²) in [4.78, 5) is 53.7. The summed E-state index contributed by atoms with van der Waals surface area (Å²) in [6.07, 6.45) is 0.332. The Morgan fingerprint density at radius 2 is 1.77 bits per heavy atom. The molecule has 10 nitrogen and oxygen atoms in total. The molecule has 0 unspecified atom stereocenters. The van der Waals surface area contributed by atoms with Crippen LogP contribution in [0.1, 0.15) is 69.1 Å². The molecule has 3 N–H and O–H groups in total. The molecule has 1 aliphatic heterocycles. The van der Waals surface area contributed by atoms with Gasteiger partial charge in [-0.25, -0.2) is 4.79 Å². The van der Waals surface area contributed by atoms with Crippen LogP contribution in [0.2, 0.25) is 0 Å². The largest absolute Gasteiger partial charge is 0.444 e. The highest BCUT2D eigenvalue weighted by atomic mass is 16.6. The molecule has 1 aliphatic rings. The van der Waals surface area contributed by atoms with E-state index < -0.39 is 35.3 Å². The smallest absolute Gasteiger partial charge is 0.408 e. The van der Waals surface area contributed by atoms with E-state index in [0.717, 1.165) is 22.9 Å². The molecule has 10 heteroatoms. The van der Waals surface area contributed by atoms with Crippen molar-refractivity contribution in [2.45, 2.75) is 65.1 Å². The van der Waals surface area contributed by atoms with Crippen molar-refractivity contribution in [1.82, 2.24) is 25.7 Å². The van der Waals surface area contributed by atoms with Crippen molar-refractivity contribution in [2.75, 3.05) is 13.1 Å². The number of benzene rings is 2. The number of unbranched alkanes of at least 4 members (excludes halogenated alkanes) is 1. The third-order valence-electron chi connectivity index (χ3n) is 7.39. The lowest BCUT2D eigenvalue weighted by Gasteiger charge is -2.26. The SMILES string of the molecule is CCCC[C@H](NC(=O)O[C@@H]1CN(C(=O)c2n[nH]c3ccccc23)CC1(C)C)C(=O)C(=O)N[C@H](C)c1ccccc1. The first kappa shape index (κ1) is 28.8. The van der Waals surface area contributed by atoms with Gasteiger partial charge in [0.1, 0.15) is 12.1 Å². The normalized spacial score (nSPS) is 17.7. The second-order valence-corrected chi connectivity index (χ2v) is 11.0. The number of H-pyrrole nitrogens is 1. The average Bonchev–Trinajstić information content (AvgIpc) is 3.50. The molecule has 40 heavy (non-hydrogen) atoms. The summed E-state index contributed by atoms with van der Waals surface area (Å²) in [7, 11) is 0. The number of amides is 3. The first-order valence-electron chi connectivity index (χ1n) is 13.7. The van der Waals surface area contributed by atoms with Gasteiger partial charge in [-0.05, 0) is 25.0 Å². The standard InChI is InChI=1S/C30H37N5O5/c1-5-6-15-23(26(36)27(37)31-19(2)20-12-8-7-9-13-20)32-29(39)40-24-17-35(18-30(24,3)4)28(38)25-21-14-10-11-16-22(21)33-34-25/h7-14,16,19,23-24H,5-6,15,17-18H2,1-4H3,(H,31,37)(H,32,39)(H,33,34)/t19-,23+,24-/m1/s1. The Morgan fingerprint density at radius 1 is 1.07 bits per heavy atom. The second kappa shape index (κ2) is 12.3. The van der Waals surface area contributed by atoms with E-state index in [9.17, 15) is 19.2 Å². The van der Waals surface area contributed by atoms with Gasteiger partial charge in [0.25, 0.3) is 11.8 Å². The lowest BCUT2D eigenvalue weighted by atomic mass is 9.90. The van der Waals surface area contributed by atoms with Crippen molar-refractivity contribution in [1.29, 1.82) is 0 Å². The zero-order valence-corrected chi connectivity index (χ0v) is 23.4. The molecule has 1 fully saturated rings. The number of ketones is 1. The van der Waals surface area contributed by atoms with E-state index in [-0.39, 0.29) is 18.5 Å². The predicted molar refractivity (Wildman–Crippen MR) is 151 cm³/mol. The first-order chi connectivity index (χ1) is 19.1. The predicted octanol–water partition coefficient (Wildman–Crippen LogP) is 4.15. The number of alkyl carbamates (subject to hydrolysis) is 1. The number of para-hydroxylation sites is 1. The van der Waals surface area contributed by atoms with Gasteiger partial charge in [-0.2, -0.15) is 5.10 Å². The fourth-order valence-electron chi connectivity index (χ4n) is 4.97. The van der Waals surface area contributed by atoms with Gasteiger partial charge in [0.15, 0.2) is 5.69 Å². The molecule has 3 atom stereocenters. The molecular formula is C30H37N5O5. The number of nitrogens with one attached hydrogen (secondary N) is 3. The number of aromatic nitrogens is 2. The molecule has 2 aromatic carbocycles. The summed E-state index contributed by atoms with van der Waals surface area (Å²) in [5.74, 6) is -1.74. The van der Waals surface area contributed by atoms with Crippen molar-refractivity contribution in [2.24, 2.45) is 5.41 Å². The molecule has 0 spiro atoms. The van der Waals surface area contributed by atoms with Crippen LogP contribution in [0, 0.1) is 5.41 Å². The maximum absolute atomic E-state index is 13.3. The van der Waals surface area contributed by atoms with Crippen LogP contribution in [0.25, 0.3) is 10.9 Å². The van der Waals surface area contributed by atoms with Gasteiger partial charge in [-0.3, -0.25) is 19.5 Å². The molecule has 0 bridgehead atoms. The number of nitrogens with zero attached hydrogens (tertiary/aromatic N) is 2. The molecule has 0 aliphatic carbocycles. The number of hydrogen-bond acceptors (Lipinski definition) is 6. The summed E-state index contributed by atoms with van der Waals surface area (Å²) < 4.78 is 5.75. The number of hydrogen-bond donors (Lipinski definition) is 3. The Labute approximate surface area is 233 Å². The maximum Gasteiger partial charge on any atom is 0.408 e. The highest BCUT2D eigenvalue weighted by molar-refractivity contribution is 6.38. The van der Waals surface area contributed by atoms with Gasteiger partial charge in [0.2, 0.25) is 5.78 Å². The molecular weight excluding hydrogens is 510 g/mol. The Balaban J connectivity index is 1.39. The number of likely N-dealkylation sites (tertiary alicyclic amines) is 1. The summed E-state index contributed by atoms with van der Waals surface area (Å²) >= 11 is 0. The molecule has 212 valence electrons. The summed E-state index contributed by atoms with van der Waals surface area (Å²) in [5.41, 5.74) is 1.41. The fraction of sp³-hybridized carbons (Fsp3) is 0.433. The molecule has 3 aromatic rings. The quantitative estimate of drug-likeness (QED) is 0.327. The van der Waals surface area contributed by atoms with Crippen molar-refractivity contribution in [3.05, 3.63) is 65.9 Å². The number of carbonyl (C=O) groups excluding carboxylic acids is 4. The average molecular weight is 548 g/mol. The van der Waals surface area contributed by atoms with Crippen LogP contribution in [0.4, 0.5) is 4.79 Å². The lowest BCUT2D eigenvalue weighted by Crippen LogP contribution is -2.49. The number of fused-ring (bicyclic) bond motifs is 1. The topological polar surface area (TPSA) is 133 Å². The van der Waals surface area contributed by atoms with Gasteiger partial charge in [0.05, 0.1) is 18.1 Å². The highest BCUT2D eigenvalue weighted by Crippen LogP contribution is 2.33. The van der Waals surface area contributed by atoms with E-state index >= 15 is 0 Å². The van der Waals surface area contributed by atoms with E-state index in [2.05, 4.69) is 20.8 Å². The lowest BCUT2D eigenvalue weighted by molar-refractivity contribution is -0.139. The number of aromatic amines is 1. The summed E-state index contributed by atoms with van der Waals surface area (Å²) in [6, 6.07) is 15.3. The minimum absolute atomic E-state index is 0.184. The number of ether oxygens (including phenoxy) is 1. The van der Waals surface area contributed by atoms with Gasteiger partial charge in [0, 0.05) is 17.3 Å². The van der Waals surface area contributed by atoms with Crippen molar-refractivity contribution < 1.29 is 23.9 Å². The van der Waals surface area contributed by atoms with Crippen LogP contribution < -0.4 is 10.6 Å². The number of Topliss-reactive ketones (excluding diaryl/α,β-unsaturated/α-hetero) is 1. The van der Waals surface area contributed by atoms with Gasteiger partial charge >= 0.3 is 6.09 Å². The maximum atomic E-state index is 13.3. The third-order valence-corrected chi connectivity index (χ3v) is 7.39. The molecule has 3 amide bonds. The van der Waals surface area contributed by atoms with Crippen molar-refractivity contribution in [3.8, 4) is 0 Å². The Bertz CT molecular complexity index is 1370. The van der Waals surface area contributed by atoms with Crippen LogP contribution in [-0.2, 0) is 14.3 Å². The fourth-order valence-corrected chi connectivity index (χ4v) is 4.97. The molecule has 2 heterocycles. The minimum Gasteiger partial charge on any atom is -0.444 e. The van der Waals surface area contributed by atoms with Gasteiger partial charge in [-0.15, -0.1) is 0 Å².